The van der Waals surface area contributed by atoms with Crippen LogP contribution in [-0.2, 0) is 9.59 Å². The lowest BCUT2D eigenvalue weighted by Crippen LogP contribution is -2.44. The molecule has 60 heavy (non-hydrogen) atoms. The molecule has 6 N–H and O–H groups in total. The van der Waals surface area contributed by atoms with Crippen LogP contribution in [-0.4, -0.2) is 113 Å². The molecule has 0 unspecified atom stereocenters. The Kier molecular flexibility index (Phi) is 40.5. The van der Waals surface area contributed by atoms with Gasteiger partial charge in [-0.2, -0.15) is 0 Å². The highest BCUT2D eigenvalue weighted by Gasteiger charge is 2.16. The molecule has 0 aliphatic heterocycles. The molecule has 0 radical (unpaired) electrons. The van der Waals surface area contributed by atoms with E-state index < -0.39 is 18.1 Å². The standard InChI is InChI=1S/C43H87N9O5S3/c1-3-5-7-9-11-13-15-17-19-21-23-25-34-49(35-26-24-22-20-18-16-14-12-10-8-6-4-2)40(54)28-27-39(53)45-30-31-46-41(55)51(59)37-33-48-43(57)52(60)38-32-47-42(56)50(58)36-29-44/h58-60H,3-38,44H2,1-2H3,(H,45,53)(H,46,55)(H,47,56)(H,48,57). The maximum absolute atomic E-state index is 13.3. The van der Waals surface area contributed by atoms with Gasteiger partial charge in [0.25, 0.3) is 0 Å². The summed E-state index contributed by atoms with van der Waals surface area (Å²) in [4.78, 5) is 64.4. The van der Waals surface area contributed by atoms with Gasteiger partial charge in [0.1, 0.15) is 0 Å². The highest BCUT2D eigenvalue weighted by atomic mass is 32.1. The van der Waals surface area contributed by atoms with Crippen LogP contribution in [0.25, 0.3) is 0 Å². The van der Waals surface area contributed by atoms with Crippen LogP contribution in [0.1, 0.15) is 181 Å². The first kappa shape index (κ1) is 57.8. The monoisotopic (exact) mass is 906 g/mol. The molecule has 0 aliphatic carbocycles. The summed E-state index contributed by atoms with van der Waals surface area (Å²) in [7, 11) is 0. The average molecular weight is 906 g/mol. The maximum atomic E-state index is 13.3. The molecule has 0 fully saturated rings. The summed E-state index contributed by atoms with van der Waals surface area (Å²) < 4.78 is 3.36. The van der Waals surface area contributed by atoms with E-state index in [-0.39, 0.29) is 77.0 Å². The number of rotatable bonds is 40. The predicted octanol–water partition coefficient (Wildman–Crippen LogP) is 8.64. The second-order valence-corrected chi connectivity index (χ2v) is 17.3. The van der Waals surface area contributed by atoms with Gasteiger partial charge in [0.2, 0.25) is 11.8 Å². The fraction of sp³-hybridized carbons (Fsp3) is 0.884. The first-order chi connectivity index (χ1) is 29.1. The van der Waals surface area contributed by atoms with Gasteiger partial charge in [-0.05, 0) is 12.8 Å². The molecule has 0 atom stereocenters. The number of amides is 8. The van der Waals surface area contributed by atoms with E-state index >= 15 is 0 Å². The Labute approximate surface area is 381 Å². The summed E-state index contributed by atoms with van der Waals surface area (Å²) in [6, 6.07) is -1.42. The van der Waals surface area contributed by atoms with Crippen molar-refractivity contribution in [1.29, 1.82) is 0 Å². The van der Waals surface area contributed by atoms with Crippen LogP contribution in [0.2, 0.25) is 0 Å². The fourth-order valence-electron chi connectivity index (χ4n) is 6.72. The molecular formula is C43H87N9O5S3. The quantitative estimate of drug-likeness (QED) is 0.0226. The van der Waals surface area contributed by atoms with Gasteiger partial charge in [-0.3, -0.25) is 22.5 Å². The third-order valence-corrected chi connectivity index (χ3v) is 11.6. The Balaban J connectivity index is 4.44. The Morgan fingerprint density at radius 1 is 0.400 bits per heavy atom. The van der Waals surface area contributed by atoms with Crippen LogP contribution in [0, 0.1) is 0 Å². The number of carbonyl (C=O) groups excluding carboxylic acids is 5. The van der Waals surface area contributed by atoms with Gasteiger partial charge in [0, 0.05) is 65.2 Å². The van der Waals surface area contributed by atoms with E-state index in [1.807, 2.05) is 4.90 Å². The van der Waals surface area contributed by atoms with Crippen molar-refractivity contribution in [2.24, 2.45) is 5.73 Å². The molecule has 0 rings (SSSR count). The van der Waals surface area contributed by atoms with Crippen molar-refractivity contribution in [2.45, 2.75) is 181 Å². The number of nitrogens with two attached hydrogens (primary N) is 1. The van der Waals surface area contributed by atoms with Crippen molar-refractivity contribution in [2.75, 3.05) is 65.4 Å². The van der Waals surface area contributed by atoms with E-state index in [4.69, 9.17) is 5.73 Å². The SMILES string of the molecule is CCCCCCCCCCCCCCN(CCCCCCCCCCCCCC)C(=O)CCC(=O)NCCNC(=O)N(S)CCNC(=O)N(S)CCNC(=O)N(S)CCN. The third kappa shape index (κ3) is 35.4. The van der Waals surface area contributed by atoms with Crippen LogP contribution in [0.4, 0.5) is 14.4 Å². The van der Waals surface area contributed by atoms with E-state index in [2.05, 4.69) is 73.6 Å². The van der Waals surface area contributed by atoms with E-state index in [9.17, 15) is 24.0 Å². The first-order valence-corrected chi connectivity index (χ1v) is 24.7. The van der Waals surface area contributed by atoms with E-state index in [1.165, 1.54) is 128 Å². The van der Waals surface area contributed by atoms with Crippen LogP contribution in [0.5, 0.6) is 0 Å². The second-order valence-electron chi connectivity index (χ2n) is 15.9. The molecule has 0 aromatic carbocycles. The number of nitrogens with one attached hydrogen (secondary N) is 4. The lowest BCUT2D eigenvalue weighted by molar-refractivity contribution is -0.133. The van der Waals surface area contributed by atoms with E-state index in [1.54, 1.807) is 0 Å². The van der Waals surface area contributed by atoms with Gasteiger partial charge >= 0.3 is 18.1 Å². The van der Waals surface area contributed by atoms with E-state index in [0.29, 0.717) is 0 Å². The van der Waals surface area contributed by atoms with Gasteiger partial charge in [-0.15, -0.1) is 0 Å². The van der Waals surface area contributed by atoms with Crippen LogP contribution in [0.3, 0.4) is 0 Å². The summed E-state index contributed by atoms with van der Waals surface area (Å²) >= 11 is 12.3. The largest absolute Gasteiger partial charge is 0.354 e. The Morgan fingerprint density at radius 2 is 0.717 bits per heavy atom. The van der Waals surface area contributed by atoms with Gasteiger partial charge in [-0.1, -0.05) is 194 Å². The minimum atomic E-state index is -0.502. The molecule has 0 heterocycles. The summed E-state index contributed by atoms with van der Waals surface area (Å²) in [5, 5.41) is 10.7. The zero-order valence-electron chi connectivity index (χ0n) is 37.7. The molecule has 8 amide bonds. The van der Waals surface area contributed by atoms with Gasteiger partial charge in [-0.25, -0.2) is 14.4 Å². The zero-order chi connectivity index (χ0) is 44.5. The molecule has 0 spiro atoms. The number of thiol groups is 3. The Morgan fingerprint density at radius 3 is 1.08 bits per heavy atom. The van der Waals surface area contributed by atoms with Crippen molar-refractivity contribution < 1.29 is 24.0 Å². The van der Waals surface area contributed by atoms with Crippen molar-refractivity contribution >= 4 is 68.4 Å². The van der Waals surface area contributed by atoms with Crippen LogP contribution >= 0.6 is 38.4 Å². The van der Waals surface area contributed by atoms with Crippen molar-refractivity contribution in [3.05, 3.63) is 0 Å². The van der Waals surface area contributed by atoms with Crippen LogP contribution in [0.15, 0.2) is 0 Å². The molecule has 352 valence electrons. The van der Waals surface area contributed by atoms with Crippen molar-refractivity contribution in [1.82, 2.24) is 39.1 Å². The summed E-state index contributed by atoms with van der Waals surface area (Å²) in [6.07, 6.45) is 31.0. The molecule has 0 saturated carbocycles. The molecule has 0 bridgehead atoms. The van der Waals surface area contributed by atoms with Crippen LogP contribution < -0.4 is 27.0 Å². The fourth-order valence-corrected chi connectivity index (χ4v) is 7.25. The minimum Gasteiger partial charge on any atom is -0.354 e. The number of carbonyl (C=O) groups is 5. The summed E-state index contributed by atoms with van der Waals surface area (Å²) in [5.41, 5.74) is 5.40. The highest BCUT2D eigenvalue weighted by molar-refractivity contribution is 7.78. The molecular weight excluding hydrogens is 819 g/mol. The molecule has 0 aromatic rings. The van der Waals surface area contributed by atoms with E-state index in [0.717, 1.165) is 51.7 Å². The highest BCUT2D eigenvalue weighted by Crippen LogP contribution is 2.15. The first-order valence-electron chi connectivity index (χ1n) is 23.5. The minimum absolute atomic E-state index is 0.0402. The number of hydrogen-bond donors (Lipinski definition) is 8. The van der Waals surface area contributed by atoms with Crippen molar-refractivity contribution in [3.63, 3.8) is 0 Å². The number of nitrogens with zero attached hydrogens (tertiary/aromatic N) is 4. The lowest BCUT2D eigenvalue weighted by atomic mass is 10.0. The number of urea groups is 3. The normalized spacial score (nSPS) is 10.9. The number of hydrogen-bond acceptors (Lipinski definition) is 9. The molecule has 0 aromatic heterocycles. The average Bonchev–Trinajstić information content (AvgIpc) is 3.23. The third-order valence-electron chi connectivity index (χ3n) is 10.4. The zero-order valence-corrected chi connectivity index (χ0v) is 40.4. The van der Waals surface area contributed by atoms with Gasteiger partial charge in [0.05, 0.1) is 13.1 Å². The molecule has 0 saturated heterocycles. The second kappa shape index (κ2) is 42.1. The van der Waals surface area contributed by atoms with Gasteiger partial charge < -0.3 is 31.9 Å². The Bertz CT molecular complexity index is 1070. The predicted molar refractivity (Wildman–Crippen MR) is 257 cm³/mol. The summed E-state index contributed by atoms with van der Waals surface area (Å²) in [6.45, 7) is 7.47. The molecule has 14 nitrogen and oxygen atoms in total. The maximum Gasteiger partial charge on any atom is 0.327 e. The molecule has 0 aliphatic rings. The lowest BCUT2D eigenvalue weighted by Gasteiger charge is -2.23. The topological polar surface area (TPSA) is 172 Å². The molecule has 17 heteroatoms. The number of unbranched alkanes of at least 4 members (excludes halogenated alkanes) is 22. The summed E-state index contributed by atoms with van der Waals surface area (Å²) in [5.74, 6) is -0.188. The smallest absolute Gasteiger partial charge is 0.327 e. The van der Waals surface area contributed by atoms with Gasteiger partial charge in [0.15, 0.2) is 0 Å². The van der Waals surface area contributed by atoms with Crippen molar-refractivity contribution in [3.8, 4) is 0 Å². The Hall–Kier alpha value is -2.24.